The largest absolute Gasteiger partial charge is 0.492 e. The summed E-state index contributed by atoms with van der Waals surface area (Å²) in [4.78, 5) is 2.25. The second-order valence-electron chi connectivity index (χ2n) is 3.57. The average Bonchev–Trinajstić information content (AvgIpc) is 2.28. The Morgan fingerprint density at radius 2 is 1.93 bits per heavy atom. The number of nitrogens with one attached hydrogen (secondary N) is 1. The monoisotopic (exact) mass is 208 g/mol. The van der Waals surface area contributed by atoms with E-state index >= 15 is 0 Å². The van der Waals surface area contributed by atoms with Gasteiger partial charge in [-0.3, -0.25) is 0 Å². The van der Waals surface area contributed by atoms with E-state index in [0.29, 0.717) is 0 Å². The van der Waals surface area contributed by atoms with Crippen LogP contribution in [0.5, 0.6) is 5.75 Å². The second kappa shape index (κ2) is 7.26. The van der Waals surface area contributed by atoms with Gasteiger partial charge in [0.25, 0.3) is 0 Å². The van der Waals surface area contributed by atoms with Crippen LogP contribution < -0.4 is 10.1 Å². The Morgan fingerprint density at radius 1 is 1.20 bits per heavy atom. The van der Waals surface area contributed by atoms with Crippen molar-refractivity contribution in [3.8, 4) is 5.75 Å². The number of rotatable bonds is 7. The van der Waals surface area contributed by atoms with E-state index in [1.165, 1.54) is 0 Å². The van der Waals surface area contributed by atoms with Crippen molar-refractivity contribution in [2.75, 3.05) is 40.3 Å². The van der Waals surface area contributed by atoms with Crippen LogP contribution in [0.1, 0.15) is 0 Å². The van der Waals surface area contributed by atoms with Crippen molar-refractivity contribution < 1.29 is 4.74 Å². The van der Waals surface area contributed by atoms with Crippen molar-refractivity contribution in [1.29, 1.82) is 0 Å². The molecule has 0 unspecified atom stereocenters. The number of likely N-dealkylation sites (N-methyl/N-ethyl adjacent to an activating group) is 2. The van der Waals surface area contributed by atoms with Gasteiger partial charge in [0.05, 0.1) is 0 Å². The van der Waals surface area contributed by atoms with E-state index in [1.54, 1.807) is 0 Å². The number of benzene rings is 1. The summed E-state index contributed by atoms with van der Waals surface area (Å²) in [6.07, 6.45) is 0. The minimum absolute atomic E-state index is 0.740. The predicted octanol–water partition coefficient (Wildman–Crippen LogP) is 1.22. The fourth-order valence-electron chi connectivity index (χ4n) is 1.25. The summed E-state index contributed by atoms with van der Waals surface area (Å²) in [5.74, 6) is 0.944. The van der Waals surface area contributed by atoms with Gasteiger partial charge in [-0.05, 0) is 26.2 Å². The van der Waals surface area contributed by atoms with Crippen LogP contribution in [0.15, 0.2) is 30.3 Å². The fourth-order valence-corrected chi connectivity index (χ4v) is 1.25. The van der Waals surface area contributed by atoms with E-state index in [9.17, 15) is 0 Å². The van der Waals surface area contributed by atoms with Gasteiger partial charge >= 0.3 is 0 Å². The van der Waals surface area contributed by atoms with Gasteiger partial charge in [0.1, 0.15) is 12.4 Å². The molecule has 3 nitrogen and oxygen atoms in total. The molecule has 0 amide bonds. The quantitative estimate of drug-likeness (QED) is 0.729. The van der Waals surface area contributed by atoms with E-state index in [4.69, 9.17) is 4.74 Å². The van der Waals surface area contributed by atoms with E-state index in [-0.39, 0.29) is 0 Å². The minimum atomic E-state index is 0.740. The van der Waals surface area contributed by atoms with Gasteiger partial charge in [-0.15, -0.1) is 0 Å². The Bertz CT molecular complexity index is 251. The lowest BCUT2D eigenvalue weighted by atomic mass is 10.3. The molecule has 0 spiro atoms. The topological polar surface area (TPSA) is 24.5 Å². The van der Waals surface area contributed by atoms with E-state index in [1.807, 2.05) is 37.4 Å². The molecule has 0 heterocycles. The first-order chi connectivity index (χ1) is 7.33. The van der Waals surface area contributed by atoms with Crippen molar-refractivity contribution in [1.82, 2.24) is 10.2 Å². The average molecular weight is 208 g/mol. The molecule has 0 saturated heterocycles. The number of hydrogen-bond acceptors (Lipinski definition) is 3. The molecule has 1 N–H and O–H groups in total. The van der Waals surface area contributed by atoms with Gasteiger partial charge in [-0.2, -0.15) is 0 Å². The Labute approximate surface area is 92.0 Å². The maximum absolute atomic E-state index is 5.59. The smallest absolute Gasteiger partial charge is 0.119 e. The Hall–Kier alpha value is -1.06. The molecule has 3 heteroatoms. The van der Waals surface area contributed by atoms with Gasteiger partial charge < -0.3 is 15.0 Å². The van der Waals surface area contributed by atoms with Gasteiger partial charge in [0, 0.05) is 19.6 Å². The molecular formula is C12H20N2O. The highest BCUT2D eigenvalue weighted by atomic mass is 16.5. The van der Waals surface area contributed by atoms with E-state index in [2.05, 4.69) is 17.3 Å². The molecule has 1 aromatic carbocycles. The Balaban J connectivity index is 2.11. The number of hydrogen-bond donors (Lipinski definition) is 1. The molecule has 0 radical (unpaired) electrons. The van der Waals surface area contributed by atoms with Crippen LogP contribution in [0.3, 0.4) is 0 Å². The zero-order chi connectivity index (χ0) is 10.9. The highest BCUT2D eigenvalue weighted by Gasteiger charge is 1.97. The molecule has 0 aromatic heterocycles. The molecule has 1 rings (SSSR count). The zero-order valence-electron chi connectivity index (χ0n) is 9.57. The normalized spacial score (nSPS) is 10.6. The molecule has 0 aliphatic heterocycles. The maximum atomic E-state index is 5.59. The third kappa shape index (κ3) is 5.40. The summed E-state index contributed by atoms with van der Waals surface area (Å²) in [5, 5.41) is 3.12. The van der Waals surface area contributed by atoms with Crippen LogP contribution in [0.2, 0.25) is 0 Å². The van der Waals surface area contributed by atoms with Crippen molar-refractivity contribution >= 4 is 0 Å². The Morgan fingerprint density at radius 3 is 2.60 bits per heavy atom. The molecule has 0 aliphatic carbocycles. The first kappa shape index (κ1) is 12.0. The summed E-state index contributed by atoms with van der Waals surface area (Å²) in [6, 6.07) is 9.92. The lowest BCUT2D eigenvalue weighted by Gasteiger charge is -2.16. The summed E-state index contributed by atoms with van der Waals surface area (Å²) < 4.78 is 5.59. The SMILES string of the molecule is CNCCN(C)CCOc1ccccc1. The van der Waals surface area contributed by atoms with Crippen LogP contribution in [-0.4, -0.2) is 45.2 Å². The molecular weight excluding hydrogens is 188 g/mol. The fraction of sp³-hybridized carbons (Fsp3) is 0.500. The highest BCUT2D eigenvalue weighted by molar-refractivity contribution is 5.20. The summed E-state index contributed by atoms with van der Waals surface area (Å²) in [5.41, 5.74) is 0. The van der Waals surface area contributed by atoms with Crippen molar-refractivity contribution in [2.24, 2.45) is 0 Å². The van der Waals surface area contributed by atoms with Crippen LogP contribution >= 0.6 is 0 Å². The maximum Gasteiger partial charge on any atom is 0.119 e. The molecule has 0 bridgehead atoms. The van der Waals surface area contributed by atoms with Gasteiger partial charge in [0.2, 0.25) is 0 Å². The van der Waals surface area contributed by atoms with Gasteiger partial charge in [0.15, 0.2) is 0 Å². The number of ether oxygens (including phenoxy) is 1. The molecule has 0 aliphatic rings. The van der Waals surface area contributed by atoms with Gasteiger partial charge in [-0.25, -0.2) is 0 Å². The van der Waals surface area contributed by atoms with Crippen LogP contribution in [0.25, 0.3) is 0 Å². The van der Waals surface area contributed by atoms with Crippen LogP contribution in [0.4, 0.5) is 0 Å². The molecule has 84 valence electrons. The third-order valence-corrected chi connectivity index (χ3v) is 2.23. The van der Waals surface area contributed by atoms with Crippen molar-refractivity contribution in [2.45, 2.75) is 0 Å². The number of nitrogens with zero attached hydrogens (tertiary/aromatic N) is 1. The highest BCUT2D eigenvalue weighted by Crippen LogP contribution is 2.07. The first-order valence-corrected chi connectivity index (χ1v) is 5.34. The molecule has 0 fully saturated rings. The molecule has 0 atom stereocenters. The summed E-state index contributed by atoms with van der Waals surface area (Å²) >= 11 is 0. The summed E-state index contributed by atoms with van der Waals surface area (Å²) in [6.45, 7) is 3.76. The predicted molar refractivity (Wildman–Crippen MR) is 63.4 cm³/mol. The lowest BCUT2D eigenvalue weighted by molar-refractivity contribution is 0.238. The second-order valence-corrected chi connectivity index (χ2v) is 3.57. The zero-order valence-corrected chi connectivity index (χ0v) is 9.57. The molecule has 15 heavy (non-hydrogen) atoms. The van der Waals surface area contributed by atoms with Crippen LogP contribution in [0, 0.1) is 0 Å². The lowest BCUT2D eigenvalue weighted by Crippen LogP contribution is -2.30. The third-order valence-electron chi connectivity index (χ3n) is 2.23. The van der Waals surface area contributed by atoms with Crippen LogP contribution in [-0.2, 0) is 0 Å². The minimum Gasteiger partial charge on any atom is -0.492 e. The Kier molecular flexibility index (Phi) is 5.81. The summed E-state index contributed by atoms with van der Waals surface area (Å²) in [7, 11) is 4.07. The van der Waals surface area contributed by atoms with E-state index < -0.39 is 0 Å². The molecule has 1 aromatic rings. The van der Waals surface area contributed by atoms with E-state index in [0.717, 1.165) is 32.0 Å². The number of para-hydroxylation sites is 1. The first-order valence-electron chi connectivity index (χ1n) is 5.34. The van der Waals surface area contributed by atoms with Crippen molar-refractivity contribution in [3.05, 3.63) is 30.3 Å². The van der Waals surface area contributed by atoms with Crippen molar-refractivity contribution in [3.63, 3.8) is 0 Å². The molecule has 0 saturated carbocycles. The van der Waals surface area contributed by atoms with Gasteiger partial charge in [-0.1, -0.05) is 18.2 Å². The standard InChI is InChI=1S/C12H20N2O/c1-13-8-9-14(2)10-11-15-12-6-4-3-5-7-12/h3-7,13H,8-11H2,1-2H3.